The van der Waals surface area contributed by atoms with Crippen LogP contribution in [-0.2, 0) is 14.2 Å². The Hall–Kier alpha value is -1.65. The van der Waals surface area contributed by atoms with Gasteiger partial charge in [0.15, 0.2) is 6.29 Å². The zero-order chi connectivity index (χ0) is 13.0. The minimum absolute atomic E-state index is 0.197. The fourth-order valence-electron chi connectivity index (χ4n) is 1.64. The molecule has 0 saturated heterocycles. The molecule has 4 nitrogen and oxygen atoms in total. The van der Waals surface area contributed by atoms with Crippen molar-refractivity contribution in [3.63, 3.8) is 0 Å². The second kappa shape index (κ2) is 5.80. The summed E-state index contributed by atoms with van der Waals surface area (Å²) in [5.74, 6) is -0.340. The van der Waals surface area contributed by atoms with Crippen LogP contribution in [0.1, 0.15) is 15.9 Å². The molecule has 0 fully saturated rings. The lowest BCUT2D eigenvalue weighted by atomic mass is 10.1. The molecular formula is C14H16O4. The number of esters is 1. The maximum Gasteiger partial charge on any atom is 0.338 e. The van der Waals surface area contributed by atoms with Crippen molar-refractivity contribution in [2.24, 2.45) is 0 Å². The lowest BCUT2D eigenvalue weighted by Gasteiger charge is -2.13. The van der Waals surface area contributed by atoms with Crippen LogP contribution in [0.5, 0.6) is 0 Å². The molecule has 1 aromatic carbocycles. The van der Waals surface area contributed by atoms with E-state index in [1.54, 1.807) is 25.3 Å². The van der Waals surface area contributed by atoms with Gasteiger partial charge in [0.25, 0.3) is 0 Å². The molecule has 0 unspecified atom stereocenters. The van der Waals surface area contributed by atoms with Crippen LogP contribution in [0.25, 0.3) is 0 Å². The highest BCUT2D eigenvalue weighted by Gasteiger charge is 2.20. The molecule has 0 radical (unpaired) electrons. The summed E-state index contributed by atoms with van der Waals surface area (Å²) < 4.78 is 15.6. The summed E-state index contributed by atoms with van der Waals surface area (Å²) in [4.78, 5) is 11.7. The molecule has 0 aromatic heterocycles. The molecule has 4 heteroatoms. The Bertz CT molecular complexity index is 436. The molecule has 0 spiro atoms. The van der Waals surface area contributed by atoms with Crippen molar-refractivity contribution in [1.29, 1.82) is 0 Å². The predicted molar refractivity (Wildman–Crippen MR) is 66.3 cm³/mol. The molecule has 1 aliphatic heterocycles. The van der Waals surface area contributed by atoms with Gasteiger partial charge in [-0.1, -0.05) is 23.8 Å². The third-order valence-electron chi connectivity index (χ3n) is 2.69. The number of rotatable bonds is 4. The number of aryl methyl sites for hydroxylation is 1. The van der Waals surface area contributed by atoms with Crippen molar-refractivity contribution in [2.45, 2.75) is 19.3 Å². The normalized spacial score (nSPS) is 22.1. The van der Waals surface area contributed by atoms with Crippen molar-refractivity contribution >= 4 is 5.97 Å². The van der Waals surface area contributed by atoms with Gasteiger partial charge >= 0.3 is 5.97 Å². The molecule has 2 rings (SSSR count). The van der Waals surface area contributed by atoms with Gasteiger partial charge in [0, 0.05) is 7.11 Å². The van der Waals surface area contributed by atoms with Gasteiger partial charge in [0.2, 0.25) is 0 Å². The van der Waals surface area contributed by atoms with E-state index in [4.69, 9.17) is 14.2 Å². The topological polar surface area (TPSA) is 44.8 Å². The third-order valence-corrected chi connectivity index (χ3v) is 2.69. The first-order valence-corrected chi connectivity index (χ1v) is 5.79. The Labute approximate surface area is 106 Å². The van der Waals surface area contributed by atoms with Gasteiger partial charge in [-0.05, 0) is 25.1 Å². The largest absolute Gasteiger partial charge is 0.459 e. The summed E-state index contributed by atoms with van der Waals surface area (Å²) in [6.07, 6.45) is 3.05. The minimum Gasteiger partial charge on any atom is -0.459 e. The average molecular weight is 248 g/mol. The van der Waals surface area contributed by atoms with Gasteiger partial charge in [0.1, 0.15) is 12.7 Å². The number of ether oxygens (including phenoxy) is 3. The summed E-state index contributed by atoms with van der Waals surface area (Å²) >= 11 is 0. The Morgan fingerprint density at radius 1 is 1.28 bits per heavy atom. The van der Waals surface area contributed by atoms with E-state index in [1.165, 1.54) is 0 Å². The monoisotopic (exact) mass is 248 g/mol. The summed E-state index contributed by atoms with van der Waals surface area (Å²) in [5, 5.41) is 0. The molecule has 0 N–H and O–H groups in total. The maximum absolute atomic E-state index is 11.7. The molecule has 0 aliphatic carbocycles. The first-order chi connectivity index (χ1) is 8.69. The lowest BCUT2D eigenvalue weighted by Crippen LogP contribution is -2.21. The Balaban J connectivity index is 1.82. The smallest absolute Gasteiger partial charge is 0.338 e. The van der Waals surface area contributed by atoms with Crippen LogP contribution in [-0.4, -0.2) is 32.1 Å². The van der Waals surface area contributed by atoms with Gasteiger partial charge in [-0.2, -0.15) is 0 Å². The van der Waals surface area contributed by atoms with Crippen LogP contribution in [0.15, 0.2) is 36.4 Å². The second-order valence-electron chi connectivity index (χ2n) is 4.13. The van der Waals surface area contributed by atoms with Crippen LogP contribution in [0.2, 0.25) is 0 Å². The number of methoxy groups -OCH3 is 1. The molecule has 96 valence electrons. The highest BCUT2D eigenvalue weighted by atomic mass is 16.7. The van der Waals surface area contributed by atoms with E-state index >= 15 is 0 Å². The van der Waals surface area contributed by atoms with Crippen molar-refractivity contribution in [1.82, 2.24) is 0 Å². The molecule has 1 aromatic rings. The van der Waals surface area contributed by atoms with Crippen LogP contribution in [0.3, 0.4) is 0 Å². The number of hydrogen-bond acceptors (Lipinski definition) is 4. The Morgan fingerprint density at radius 2 is 2.00 bits per heavy atom. The standard InChI is InChI=1S/C14H16O4/c1-10-3-5-11(6-4-10)14(15)17-9-12-7-8-13(16-2)18-12/h3-8,12-13H,9H2,1-2H3/t12-,13+/m0/s1. The van der Waals surface area contributed by atoms with Crippen LogP contribution < -0.4 is 0 Å². The minimum atomic E-state index is -0.340. The number of carbonyl (C=O) groups excluding carboxylic acids is 1. The molecule has 0 amide bonds. The molecular weight excluding hydrogens is 232 g/mol. The Kier molecular flexibility index (Phi) is 4.12. The van der Waals surface area contributed by atoms with Crippen molar-refractivity contribution in [3.05, 3.63) is 47.5 Å². The van der Waals surface area contributed by atoms with E-state index in [-0.39, 0.29) is 25.0 Å². The number of hydrogen-bond donors (Lipinski definition) is 0. The van der Waals surface area contributed by atoms with Gasteiger partial charge in [-0.15, -0.1) is 0 Å². The van der Waals surface area contributed by atoms with Gasteiger partial charge < -0.3 is 14.2 Å². The zero-order valence-corrected chi connectivity index (χ0v) is 10.5. The summed E-state index contributed by atoms with van der Waals surface area (Å²) in [6.45, 7) is 2.17. The van der Waals surface area contributed by atoms with Crippen LogP contribution >= 0.6 is 0 Å². The van der Waals surface area contributed by atoms with Crippen molar-refractivity contribution in [2.75, 3.05) is 13.7 Å². The third kappa shape index (κ3) is 3.18. The van der Waals surface area contributed by atoms with E-state index in [0.29, 0.717) is 5.56 Å². The van der Waals surface area contributed by atoms with E-state index in [2.05, 4.69) is 0 Å². The van der Waals surface area contributed by atoms with Gasteiger partial charge in [-0.3, -0.25) is 0 Å². The van der Waals surface area contributed by atoms with E-state index in [0.717, 1.165) is 5.56 Å². The molecule has 2 atom stereocenters. The van der Waals surface area contributed by atoms with E-state index in [9.17, 15) is 4.79 Å². The summed E-state index contributed by atoms with van der Waals surface area (Å²) in [5.41, 5.74) is 1.66. The van der Waals surface area contributed by atoms with E-state index in [1.807, 2.05) is 25.1 Å². The SMILES string of the molecule is CO[C@H]1C=C[C@@H](COC(=O)c2ccc(C)cc2)O1. The van der Waals surface area contributed by atoms with Crippen molar-refractivity contribution in [3.8, 4) is 0 Å². The highest BCUT2D eigenvalue weighted by molar-refractivity contribution is 5.89. The molecule has 0 bridgehead atoms. The molecule has 1 heterocycles. The maximum atomic E-state index is 11.7. The lowest BCUT2D eigenvalue weighted by molar-refractivity contribution is -0.109. The van der Waals surface area contributed by atoms with Crippen molar-refractivity contribution < 1.29 is 19.0 Å². The summed E-state index contributed by atoms with van der Waals surface area (Å²) in [6, 6.07) is 7.26. The first-order valence-electron chi connectivity index (χ1n) is 5.79. The first kappa shape index (κ1) is 12.8. The van der Waals surface area contributed by atoms with Gasteiger partial charge in [-0.25, -0.2) is 4.79 Å². The average Bonchev–Trinajstić information content (AvgIpc) is 2.85. The van der Waals surface area contributed by atoms with Crippen LogP contribution in [0.4, 0.5) is 0 Å². The summed E-state index contributed by atoms with van der Waals surface area (Å²) in [7, 11) is 1.57. The molecule has 18 heavy (non-hydrogen) atoms. The van der Waals surface area contributed by atoms with Gasteiger partial charge in [0.05, 0.1) is 5.56 Å². The molecule has 0 saturated carbocycles. The quantitative estimate of drug-likeness (QED) is 0.604. The molecule has 1 aliphatic rings. The fraction of sp³-hybridized carbons (Fsp3) is 0.357. The zero-order valence-electron chi connectivity index (χ0n) is 10.5. The van der Waals surface area contributed by atoms with Crippen LogP contribution in [0, 0.1) is 6.92 Å². The fourth-order valence-corrected chi connectivity index (χ4v) is 1.64. The highest BCUT2D eigenvalue weighted by Crippen LogP contribution is 2.13. The number of benzene rings is 1. The van der Waals surface area contributed by atoms with E-state index < -0.39 is 0 Å². The Morgan fingerprint density at radius 3 is 2.61 bits per heavy atom. The number of carbonyl (C=O) groups is 1. The second-order valence-corrected chi connectivity index (χ2v) is 4.13. The predicted octanol–water partition coefficient (Wildman–Crippen LogP) is 2.08.